The standard InChI is InChI=1S/C8H10ClN3/c9-7-3-2-6-8(12-7)11-5-1-4-10-6/h2-3,10H,1,4-5H2,(H,11,12). The molecule has 3 nitrogen and oxygen atoms in total. The number of hydrogen-bond acceptors (Lipinski definition) is 3. The number of rotatable bonds is 0. The Balaban J connectivity index is 2.36. The molecule has 0 aromatic carbocycles. The third kappa shape index (κ3) is 1.46. The zero-order valence-corrected chi connectivity index (χ0v) is 7.36. The molecule has 64 valence electrons. The Morgan fingerprint density at radius 3 is 3.00 bits per heavy atom. The maximum absolute atomic E-state index is 5.75. The van der Waals surface area contributed by atoms with Crippen molar-refractivity contribution < 1.29 is 0 Å². The Morgan fingerprint density at radius 2 is 2.08 bits per heavy atom. The Kier molecular flexibility index (Phi) is 2.04. The molecule has 2 N–H and O–H groups in total. The third-order valence-electron chi connectivity index (χ3n) is 1.82. The van der Waals surface area contributed by atoms with E-state index in [1.165, 1.54) is 0 Å². The van der Waals surface area contributed by atoms with Crippen molar-refractivity contribution in [3.05, 3.63) is 17.3 Å². The number of aromatic nitrogens is 1. The first-order valence-electron chi connectivity index (χ1n) is 4.00. The molecule has 2 heterocycles. The highest BCUT2D eigenvalue weighted by Gasteiger charge is 2.06. The molecule has 0 amide bonds. The number of nitrogens with zero attached hydrogens (tertiary/aromatic N) is 1. The Hall–Kier alpha value is -0.960. The number of fused-ring (bicyclic) bond motifs is 1. The lowest BCUT2D eigenvalue weighted by Gasteiger charge is -2.06. The van der Waals surface area contributed by atoms with E-state index in [1.54, 1.807) is 6.07 Å². The molecule has 1 aliphatic rings. The topological polar surface area (TPSA) is 37.0 Å². The van der Waals surface area contributed by atoms with Crippen LogP contribution in [0.3, 0.4) is 0 Å². The van der Waals surface area contributed by atoms with Crippen LogP contribution < -0.4 is 10.6 Å². The number of halogens is 1. The van der Waals surface area contributed by atoms with Crippen LogP contribution in [-0.4, -0.2) is 18.1 Å². The highest BCUT2D eigenvalue weighted by atomic mass is 35.5. The van der Waals surface area contributed by atoms with Crippen LogP contribution in [0, 0.1) is 0 Å². The van der Waals surface area contributed by atoms with E-state index in [2.05, 4.69) is 15.6 Å². The summed E-state index contributed by atoms with van der Waals surface area (Å²) < 4.78 is 0. The Bertz CT molecular complexity index is 288. The van der Waals surface area contributed by atoms with Crippen molar-refractivity contribution in [3.8, 4) is 0 Å². The number of nitrogens with one attached hydrogen (secondary N) is 2. The Labute approximate surface area is 76.1 Å². The van der Waals surface area contributed by atoms with Gasteiger partial charge in [0.15, 0.2) is 5.82 Å². The van der Waals surface area contributed by atoms with Gasteiger partial charge >= 0.3 is 0 Å². The van der Waals surface area contributed by atoms with Crippen LogP contribution in [0.2, 0.25) is 5.15 Å². The van der Waals surface area contributed by atoms with Crippen LogP contribution in [0.4, 0.5) is 11.5 Å². The molecule has 0 spiro atoms. The first-order chi connectivity index (χ1) is 5.86. The summed E-state index contributed by atoms with van der Waals surface area (Å²) in [4.78, 5) is 4.17. The minimum absolute atomic E-state index is 0.532. The molecular weight excluding hydrogens is 174 g/mol. The second-order valence-electron chi connectivity index (χ2n) is 2.74. The quantitative estimate of drug-likeness (QED) is 0.604. The predicted molar refractivity (Wildman–Crippen MR) is 50.8 cm³/mol. The minimum Gasteiger partial charge on any atom is -0.382 e. The molecule has 0 saturated carbocycles. The molecule has 1 aromatic rings. The van der Waals surface area contributed by atoms with Crippen LogP contribution >= 0.6 is 11.6 Å². The van der Waals surface area contributed by atoms with Gasteiger partial charge in [0.1, 0.15) is 5.15 Å². The molecule has 12 heavy (non-hydrogen) atoms. The zero-order valence-electron chi connectivity index (χ0n) is 6.60. The van der Waals surface area contributed by atoms with Crippen molar-refractivity contribution in [3.63, 3.8) is 0 Å². The molecular formula is C8H10ClN3. The van der Waals surface area contributed by atoms with Crippen LogP contribution in [0.15, 0.2) is 12.1 Å². The molecule has 0 fully saturated rings. The molecule has 4 heteroatoms. The average Bonchev–Trinajstić information content (AvgIpc) is 2.28. The van der Waals surface area contributed by atoms with Gasteiger partial charge in [0.05, 0.1) is 5.69 Å². The Morgan fingerprint density at radius 1 is 1.25 bits per heavy atom. The second-order valence-corrected chi connectivity index (χ2v) is 3.12. The molecule has 0 atom stereocenters. The highest BCUT2D eigenvalue weighted by molar-refractivity contribution is 6.29. The summed E-state index contributed by atoms with van der Waals surface area (Å²) >= 11 is 5.75. The van der Waals surface area contributed by atoms with E-state index in [9.17, 15) is 0 Å². The van der Waals surface area contributed by atoms with Gasteiger partial charge in [-0.1, -0.05) is 11.6 Å². The summed E-state index contributed by atoms with van der Waals surface area (Å²) in [5.74, 6) is 0.861. The number of anilines is 2. The summed E-state index contributed by atoms with van der Waals surface area (Å²) in [6.45, 7) is 1.94. The normalized spacial score (nSPS) is 15.4. The zero-order chi connectivity index (χ0) is 8.39. The average molecular weight is 184 g/mol. The van der Waals surface area contributed by atoms with E-state index in [0.717, 1.165) is 31.0 Å². The van der Waals surface area contributed by atoms with Crippen LogP contribution in [0.5, 0.6) is 0 Å². The van der Waals surface area contributed by atoms with Crippen molar-refractivity contribution in [2.45, 2.75) is 6.42 Å². The molecule has 0 radical (unpaired) electrons. The van der Waals surface area contributed by atoms with E-state index in [-0.39, 0.29) is 0 Å². The lowest BCUT2D eigenvalue weighted by molar-refractivity contribution is 0.926. The number of hydrogen-bond donors (Lipinski definition) is 2. The van der Waals surface area contributed by atoms with Crippen LogP contribution in [0.1, 0.15) is 6.42 Å². The van der Waals surface area contributed by atoms with E-state index < -0.39 is 0 Å². The van der Waals surface area contributed by atoms with Crippen molar-refractivity contribution in [2.24, 2.45) is 0 Å². The summed E-state index contributed by atoms with van der Waals surface area (Å²) in [5, 5.41) is 7.01. The first-order valence-corrected chi connectivity index (χ1v) is 4.38. The van der Waals surface area contributed by atoms with Gasteiger partial charge in [0.25, 0.3) is 0 Å². The van der Waals surface area contributed by atoms with Crippen molar-refractivity contribution >= 4 is 23.1 Å². The van der Waals surface area contributed by atoms with E-state index in [4.69, 9.17) is 11.6 Å². The van der Waals surface area contributed by atoms with E-state index in [0.29, 0.717) is 5.15 Å². The fraction of sp³-hybridized carbons (Fsp3) is 0.375. The molecule has 0 saturated heterocycles. The van der Waals surface area contributed by atoms with E-state index in [1.807, 2.05) is 6.07 Å². The lowest BCUT2D eigenvalue weighted by atomic mass is 10.4. The largest absolute Gasteiger partial charge is 0.382 e. The summed E-state index contributed by atoms with van der Waals surface area (Å²) in [7, 11) is 0. The maximum Gasteiger partial charge on any atom is 0.151 e. The lowest BCUT2D eigenvalue weighted by Crippen LogP contribution is -2.01. The highest BCUT2D eigenvalue weighted by Crippen LogP contribution is 2.22. The monoisotopic (exact) mass is 183 g/mol. The first kappa shape index (κ1) is 7.68. The third-order valence-corrected chi connectivity index (χ3v) is 2.03. The summed E-state index contributed by atoms with van der Waals surface area (Å²) in [5.41, 5.74) is 1.04. The van der Waals surface area contributed by atoms with Gasteiger partial charge in [0, 0.05) is 13.1 Å². The predicted octanol–water partition coefficient (Wildman–Crippen LogP) is 1.96. The molecule has 0 unspecified atom stereocenters. The number of pyridine rings is 1. The van der Waals surface area contributed by atoms with Crippen LogP contribution in [0.25, 0.3) is 0 Å². The second kappa shape index (κ2) is 3.19. The molecule has 0 bridgehead atoms. The fourth-order valence-corrected chi connectivity index (χ4v) is 1.38. The molecule has 2 rings (SSSR count). The summed E-state index contributed by atoms with van der Waals surface area (Å²) in [6, 6.07) is 3.74. The maximum atomic E-state index is 5.75. The van der Waals surface area contributed by atoms with Gasteiger partial charge in [-0.25, -0.2) is 4.98 Å². The van der Waals surface area contributed by atoms with Gasteiger partial charge in [-0.3, -0.25) is 0 Å². The SMILES string of the molecule is Clc1ccc2c(n1)NCCCN2. The molecule has 1 aromatic heterocycles. The molecule has 0 aliphatic carbocycles. The van der Waals surface area contributed by atoms with Crippen molar-refractivity contribution in [1.82, 2.24) is 4.98 Å². The van der Waals surface area contributed by atoms with Gasteiger partial charge in [-0.2, -0.15) is 0 Å². The van der Waals surface area contributed by atoms with Gasteiger partial charge in [-0.15, -0.1) is 0 Å². The van der Waals surface area contributed by atoms with Crippen molar-refractivity contribution in [1.29, 1.82) is 0 Å². The fourth-order valence-electron chi connectivity index (χ4n) is 1.23. The minimum atomic E-state index is 0.532. The van der Waals surface area contributed by atoms with Crippen LogP contribution in [-0.2, 0) is 0 Å². The summed E-state index contributed by atoms with van der Waals surface area (Å²) in [6.07, 6.45) is 1.11. The van der Waals surface area contributed by atoms with E-state index >= 15 is 0 Å². The van der Waals surface area contributed by atoms with Gasteiger partial charge < -0.3 is 10.6 Å². The van der Waals surface area contributed by atoms with Crippen molar-refractivity contribution in [2.75, 3.05) is 23.7 Å². The molecule has 1 aliphatic heterocycles. The van der Waals surface area contributed by atoms with Gasteiger partial charge in [-0.05, 0) is 18.6 Å². The van der Waals surface area contributed by atoms with Gasteiger partial charge in [0.2, 0.25) is 0 Å². The smallest absolute Gasteiger partial charge is 0.151 e.